The van der Waals surface area contributed by atoms with Crippen LogP contribution in [0.25, 0.3) is 0 Å². The van der Waals surface area contributed by atoms with Gasteiger partial charge < -0.3 is 10.4 Å². The number of sulfone groups is 1. The standard InChI is InChI=1S/C15H21NO5S2/c1-22-12-7-5-11(6-8-12)13(10-15(18)19)16-14(17)4-3-9-23(2,20)21/h5-8,13H,3-4,9-10H2,1-2H3,(H,16,17)(H,18,19). The molecule has 0 aliphatic carbocycles. The zero-order valence-electron chi connectivity index (χ0n) is 13.1. The Hall–Kier alpha value is -1.54. The number of benzene rings is 1. The first-order chi connectivity index (χ1) is 10.7. The highest BCUT2D eigenvalue weighted by Crippen LogP contribution is 2.21. The smallest absolute Gasteiger partial charge is 0.305 e. The number of carboxylic acid groups (broad SMARTS) is 1. The number of carbonyl (C=O) groups is 2. The van der Waals surface area contributed by atoms with E-state index in [2.05, 4.69) is 5.32 Å². The van der Waals surface area contributed by atoms with E-state index in [1.54, 1.807) is 23.9 Å². The van der Waals surface area contributed by atoms with Crippen molar-refractivity contribution < 1.29 is 23.1 Å². The zero-order valence-corrected chi connectivity index (χ0v) is 14.7. The summed E-state index contributed by atoms with van der Waals surface area (Å²) in [4.78, 5) is 24.0. The summed E-state index contributed by atoms with van der Waals surface area (Å²) < 4.78 is 22.1. The molecule has 0 aliphatic rings. The number of hydrogen-bond donors (Lipinski definition) is 2. The van der Waals surface area contributed by atoms with Crippen LogP contribution >= 0.6 is 11.8 Å². The van der Waals surface area contributed by atoms with Crippen LogP contribution in [0, 0.1) is 0 Å². The topological polar surface area (TPSA) is 101 Å². The van der Waals surface area contributed by atoms with E-state index >= 15 is 0 Å². The maximum Gasteiger partial charge on any atom is 0.305 e. The van der Waals surface area contributed by atoms with Crippen LogP contribution in [0.5, 0.6) is 0 Å². The van der Waals surface area contributed by atoms with Crippen molar-refractivity contribution in [3.05, 3.63) is 29.8 Å². The van der Waals surface area contributed by atoms with Crippen LogP contribution in [0.1, 0.15) is 30.9 Å². The zero-order chi connectivity index (χ0) is 17.5. The van der Waals surface area contributed by atoms with E-state index in [4.69, 9.17) is 5.11 Å². The van der Waals surface area contributed by atoms with Crippen molar-refractivity contribution in [1.82, 2.24) is 5.32 Å². The summed E-state index contributed by atoms with van der Waals surface area (Å²) in [5.74, 6) is -1.43. The molecule has 0 saturated carbocycles. The number of hydrogen-bond acceptors (Lipinski definition) is 5. The molecule has 6 nitrogen and oxygen atoms in total. The fourth-order valence-corrected chi connectivity index (χ4v) is 3.10. The molecule has 0 aromatic heterocycles. The summed E-state index contributed by atoms with van der Waals surface area (Å²) in [5.41, 5.74) is 0.710. The average Bonchev–Trinajstić information content (AvgIpc) is 2.45. The number of carbonyl (C=O) groups excluding carboxylic acids is 1. The quantitative estimate of drug-likeness (QED) is 0.653. The van der Waals surface area contributed by atoms with E-state index in [-0.39, 0.29) is 30.9 Å². The van der Waals surface area contributed by atoms with Crippen LogP contribution in [0.15, 0.2) is 29.2 Å². The van der Waals surface area contributed by atoms with E-state index in [1.165, 1.54) is 0 Å². The molecule has 1 amide bonds. The van der Waals surface area contributed by atoms with Crippen molar-refractivity contribution in [3.63, 3.8) is 0 Å². The van der Waals surface area contributed by atoms with Gasteiger partial charge in [-0.05, 0) is 30.4 Å². The summed E-state index contributed by atoms with van der Waals surface area (Å²) in [5, 5.41) is 11.7. The third-order valence-corrected chi connectivity index (χ3v) is 4.92. The lowest BCUT2D eigenvalue weighted by Gasteiger charge is -2.18. The second kappa shape index (κ2) is 8.93. The van der Waals surface area contributed by atoms with Crippen LogP contribution in [0.2, 0.25) is 0 Å². The Morgan fingerprint density at radius 3 is 2.35 bits per heavy atom. The number of aliphatic carboxylic acids is 1. The summed E-state index contributed by atoms with van der Waals surface area (Å²) >= 11 is 1.57. The monoisotopic (exact) mass is 359 g/mol. The van der Waals surface area contributed by atoms with E-state index in [0.29, 0.717) is 5.56 Å². The Labute approximate surface area is 140 Å². The van der Waals surface area contributed by atoms with Gasteiger partial charge in [-0.25, -0.2) is 8.42 Å². The van der Waals surface area contributed by atoms with Gasteiger partial charge in [0.05, 0.1) is 18.2 Å². The van der Waals surface area contributed by atoms with Crippen LogP contribution in [-0.4, -0.2) is 43.7 Å². The van der Waals surface area contributed by atoms with Gasteiger partial charge in [-0.1, -0.05) is 12.1 Å². The third kappa shape index (κ3) is 8.03. The van der Waals surface area contributed by atoms with E-state index in [0.717, 1.165) is 11.2 Å². The highest BCUT2D eigenvalue weighted by molar-refractivity contribution is 7.98. The van der Waals surface area contributed by atoms with Crippen LogP contribution < -0.4 is 5.32 Å². The molecule has 1 aromatic rings. The summed E-state index contributed by atoms with van der Waals surface area (Å²) in [6.07, 6.45) is 3.09. The Morgan fingerprint density at radius 1 is 1.26 bits per heavy atom. The number of thioether (sulfide) groups is 1. The first-order valence-corrected chi connectivity index (χ1v) is 10.3. The lowest BCUT2D eigenvalue weighted by Crippen LogP contribution is -2.30. The molecule has 2 N–H and O–H groups in total. The van der Waals surface area contributed by atoms with Crippen LogP contribution in [0.4, 0.5) is 0 Å². The molecule has 8 heteroatoms. The minimum Gasteiger partial charge on any atom is -0.481 e. The van der Waals surface area contributed by atoms with Gasteiger partial charge in [-0.3, -0.25) is 9.59 Å². The van der Waals surface area contributed by atoms with Crippen molar-refractivity contribution in [2.45, 2.75) is 30.2 Å². The lowest BCUT2D eigenvalue weighted by atomic mass is 10.0. The second-order valence-corrected chi connectivity index (χ2v) is 8.36. The summed E-state index contributed by atoms with van der Waals surface area (Å²) in [6.45, 7) is 0. The predicted octanol–water partition coefficient (Wildman–Crippen LogP) is 1.87. The third-order valence-electron chi connectivity index (χ3n) is 3.15. The first kappa shape index (κ1) is 19.5. The fraction of sp³-hybridized carbons (Fsp3) is 0.467. The van der Waals surface area contributed by atoms with Crippen molar-refractivity contribution in [3.8, 4) is 0 Å². The predicted molar refractivity (Wildman–Crippen MR) is 90.3 cm³/mol. The van der Waals surface area contributed by atoms with Gasteiger partial charge in [-0.2, -0.15) is 0 Å². The Bertz CT molecular complexity index is 640. The van der Waals surface area contributed by atoms with Crippen molar-refractivity contribution in [2.75, 3.05) is 18.3 Å². The highest BCUT2D eigenvalue weighted by atomic mass is 32.2. The van der Waals surface area contributed by atoms with Crippen LogP contribution in [0.3, 0.4) is 0 Å². The van der Waals surface area contributed by atoms with Gasteiger partial charge in [-0.15, -0.1) is 11.8 Å². The van der Waals surface area contributed by atoms with Crippen molar-refractivity contribution >= 4 is 33.5 Å². The highest BCUT2D eigenvalue weighted by Gasteiger charge is 2.18. The van der Waals surface area contributed by atoms with E-state index in [1.807, 2.05) is 18.4 Å². The van der Waals surface area contributed by atoms with Gasteiger partial charge in [0.1, 0.15) is 9.84 Å². The molecule has 0 heterocycles. The van der Waals surface area contributed by atoms with E-state index in [9.17, 15) is 18.0 Å². The molecule has 128 valence electrons. The molecule has 0 spiro atoms. The molecule has 23 heavy (non-hydrogen) atoms. The van der Waals surface area contributed by atoms with Gasteiger partial charge in [0.25, 0.3) is 0 Å². The molecule has 0 aliphatic heterocycles. The minimum absolute atomic E-state index is 0.0477. The normalized spacial score (nSPS) is 12.6. The average molecular weight is 359 g/mol. The molecule has 0 saturated heterocycles. The number of carboxylic acids is 1. The SMILES string of the molecule is CSc1ccc(C(CC(=O)O)NC(=O)CCCS(C)(=O)=O)cc1. The molecule has 0 radical (unpaired) electrons. The fourth-order valence-electron chi connectivity index (χ4n) is 2.02. The largest absolute Gasteiger partial charge is 0.481 e. The first-order valence-electron chi connectivity index (χ1n) is 7.04. The molecule has 1 unspecified atom stereocenters. The van der Waals surface area contributed by atoms with Crippen molar-refractivity contribution in [1.29, 1.82) is 0 Å². The molecular formula is C15H21NO5S2. The summed E-state index contributed by atoms with van der Waals surface area (Å²) in [7, 11) is -3.10. The van der Waals surface area contributed by atoms with E-state index < -0.39 is 21.8 Å². The number of nitrogens with one attached hydrogen (secondary N) is 1. The lowest BCUT2D eigenvalue weighted by molar-refractivity contribution is -0.137. The van der Waals surface area contributed by atoms with Gasteiger partial charge >= 0.3 is 5.97 Å². The number of amides is 1. The second-order valence-electron chi connectivity index (χ2n) is 5.22. The van der Waals surface area contributed by atoms with Crippen molar-refractivity contribution in [2.24, 2.45) is 0 Å². The molecule has 1 aromatic carbocycles. The Kier molecular flexibility index (Phi) is 7.57. The van der Waals surface area contributed by atoms with Crippen LogP contribution in [-0.2, 0) is 19.4 Å². The van der Waals surface area contributed by atoms with Gasteiger partial charge in [0.15, 0.2) is 0 Å². The molecule has 1 atom stereocenters. The maximum atomic E-state index is 11.9. The number of rotatable bonds is 9. The molecular weight excluding hydrogens is 338 g/mol. The molecule has 0 bridgehead atoms. The Morgan fingerprint density at radius 2 is 1.87 bits per heavy atom. The molecule has 1 rings (SSSR count). The van der Waals surface area contributed by atoms with Gasteiger partial charge in [0, 0.05) is 17.6 Å². The maximum absolute atomic E-state index is 11.9. The summed E-state index contributed by atoms with van der Waals surface area (Å²) in [6, 6.07) is 6.68. The van der Waals surface area contributed by atoms with Gasteiger partial charge in [0.2, 0.25) is 5.91 Å². The molecule has 0 fully saturated rings. The Balaban J connectivity index is 2.70. The minimum atomic E-state index is -3.10.